The normalized spacial score (nSPS) is 13.1. The van der Waals surface area contributed by atoms with Gasteiger partial charge in [-0.25, -0.2) is 4.98 Å². The number of hydrogen-bond acceptors (Lipinski definition) is 3. The molecular formula is C28H32N2O2. The second-order valence-electron chi connectivity index (χ2n) is 8.26. The molecule has 1 aromatic heterocycles. The zero-order valence-electron chi connectivity index (χ0n) is 19.2. The monoisotopic (exact) mass is 428 g/mol. The van der Waals surface area contributed by atoms with Gasteiger partial charge >= 0.3 is 0 Å². The van der Waals surface area contributed by atoms with Crippen LogP contribution < -0.4 is 9.47 Å². The summed E-state index contributed by atoms with van der Waals surface area (Å²) >= 11 is 0. The Labute approximate surface area is 190 Å². The Morgan fingerprint density at radius 2 is 1.56 bits per heavy atom. The number of para-hydroxylation sites is 3. The van der Waals surface area contributed by atoms with Gasteiger partial charge in [0, 0.05) is 6.54 Å². The summed E-state index contributed by atoms with van der Waals surface area (Å²) in [7, 11) is 0. The van der Waals surface area contributed by atoms with Crippen molar-refractivity contribution in [2.75, 3.05) is 6.61 Å². The fourth-order valence-corrected chi connectivity index (χ4v) is 3.94. The van der Waals surface area contributed by atoms with Gasteiger partial charge in [-0.05, 0) is 67.6 Å². The van der Waals surface area contributed by atoms with Crippen LogP contribution in [0.15, 0.2) is 78.9 Å². The first kappa shape index (κ1) is 21.9. The van der Waals surface area contributed by atoms with Gasteiger partial charge in [-0.3, -0.25) is 0 Å². The minimum Gasteiger partial charge on any atom is -0.494 e. The van der Waals surface area contributed by atoms with E-state index >= 15 is 0 Å². The van der Waals surface area contributed by atoms with Crippen molar-refractivity contribution in [3.8, 4) is 11.5 Å². The number of ether oxygens (including phenoxy) is 2. The molecule has 166 valence electrons. The maximum atomic E-state index is 6.17. The van der Waals surface area contributed by atoms with Crippen molar-refractivity contribution in [1.82, 2.24) is 9.55 Å². The first-order chi connectivity index (χ1) is 15.7. The number of aromatic nitrogens is 2. The zero-order chi connectivity index (χ0) is 22.3. The van der Waals surface area contributed by atoms with E-state index in [1.165, 1.54) is 5.56 Å². The van der Waals surface area contributed by atoms with E-state index in [1.807, 2.05) is 36.4 Å². The van der Waals surface area contributed by atoms with Gasteiger partial charge in [0.15, 0.2) is 11.9 Å². The van der Waals surface area contributed by atoms with E-state index in [0.29, 0.717) is 12.5 Å². The molecule has 3 aromatic carbocycles. The molecule has 0 amide bonds. The van der Waals surface area contributed by atoms with Crippen LogP contribution in [0.3, 0.4) is 0 Å². The van der Waals surface area contributed by atoms with Crippen LogP contribution in [-0.2, 0) is 6.54 Å². The minimum absolute atomic E-state index is 0.154. The summed E-state index contributed by atoms with van der Waals surface area (Å²) in [5.41, 5.74) is 3.48. The van der Waals surface area contributed by atoms with E-state index in [-0.39, 0.29) is 6.10 Å². The second kappa shape index (κ2) is 10.4. The molecule has 0 fully saturated rings. The Balaban J connectivity index is 1.42. The maximum Gasteiger partial charge on any atom is 0.153 e. The molecule has 0 aliphatic carbocycles. The first-order valence-electron chi connectivity index (χ1n) is 11.6. The maximum absolute atomic E-state index is 6.17. The Hall–Kier alpha value is -3.27. The van der Waals surface area contributed by atoms with Crippen LogP contribution in [0.1, 0.15) is 57.0 Å². The summed E-state index contributed by atoms with van der Waals surface area (Å²) in [6.07, 6.45) is 1.88. The number of nitrogens with zero attached hydrogens (tertiary/aromatic N) is 2. The molecule has 0 saturated carbocycles. The van der Waals surface area contributed by atoms with Crippen molar-refractivity contribution in [1.29, 1.82) is 0 Å². The third-order valence-corrected chi connectivity index (χ3v) is 5.96. The summed E-state index contributed by atoms with van der Waals surface area (Å²) in [4.78, 5) is 4.88. The van der Waals surface area contributed by atoms with E-state index in [0.717, 1.165) is 47.7 Å². The summed E-state index contributed by atoms with van der Waals surface area (Å²) in [6.45, 7) is 8.01. The molecular weight excluding hydrogens is 396 g/mol. The van der Waals surface area contributed by atoms with E-state index in [4.69, 9.17) is 14.5 Å². The fourth-order valence-electron chi connectivity index (χ4n) is 3.94. The van der Waals surface area contributed by atoms with Crippen molar-refractivity contribution < 1.29 is 9.47 Å². The molecule has 4 rings (SSSR count). The molecule has 2 unspecified atom stereocenters. The van der Waals surface area contributed by atoms with E-state index in [1.54, 1.807) is 0 Å². The standard InChI is InChI=1S/C28H32N2O2/c1-4-21(2)23-15-17-24(18-16-23)31-20-10-19-30-27-14-9-8-13-26(27)29-28(30)22(3)32-25-11-6-5-7-12-25/h5-9,11-18,21-22H,4,10,19-20H2,1-3H3. The molecule has 0 bridgehead atoms. The highest BCUT2D eigenvalue weighted by Crippen LogP contribution is 2.26. The molecule has 0 radical (unpaired) electrons. The largest absolute Gasteiger partial charge is 0.494 e. The van der Waals surface area contributed by atoms with Crippen molar-refractivity contribution in [2.45, 2.75) is 52.2 Å². The molecule has 0 saturated heterocycles. The Bertz CT molecular complexity index is 1120. The smallest absolute Gasteiger partial charge is 0.153 e. The summed E-state index contributed by atoms with van der Waals surface area (Å²) in [5, 5.41) is 0. The van der Waals surface area contributed by atoms with Crippen LogP contribution in [0.25, 0.3) is 11.0 Å². The number of hydrogen-bond donors (Lipinski definition) is 0. The van der Waals surface area contributed by atoms with Crippen molar-refractivity contribution in [2.24, 2.45) is 0 Å². The van der Waals surface area contributed by atoms with Crippen LogP contribution in [-0.4, -0.2) is 16.2 Å². The van der Waals surface area contributed by atoms with Gasteiger partial charge in [0.1, 0.15) is 11.5 Å². The quantitative estimate of drug-likeness (QED) is 0.251. The summed E-state index contributed by atoms with van der Waals surface area (Å²) < 4.78 is 14.4. The molecule has 4 heteroatoms. The lowest BCUT2D eigenvalue weighted by Gasteiger charge is -2.17. The number of rotatable bonds is 10. The lowest BCUT2D eigenvalue weighted by molar-refractivity contribution is 0.210. The lowest BCUT2D eigenvalue weighted by Crippen LogP contribution is -2.13. The van der Waals surface area contributed by atoms with Crippen LogP contribution in [0.4, 0.5) is 0 Å². The lowest BCUT2D eigenvalue weighted by atomic mass is 9.99. The summed E-state index contributed by atoms with van der Waals surface area (Å²) in [5.74, 6) is 3.29. The Kier molecular flexibility index (Phi) is 7.10. The fraction of sp³-hybridized carbons (Fsp3) is 0.321. The number of imidazole rings is 1. The van der Waals surface area contributed by atoms with E-state index < -0.39 is 0 Å². The second-order valence-corrected chi connectivity index (χ2v) is 8.26. The third-order valence-electron chi connectivity index (χ3n) is 5.96. The van der Waals surface area contributed by atoms with E-state index in [2.05, 4.69) is 67.8 Å². The first-order valence-corrected chi connectivity index (χ1v) is 11.6. The molecule has 32 heavy (non-hydrogen) atoms. The molecule has 0 N–H and O–H groups in total. The van der Waals surface area contributed by atoms with Crippen LogP contribution >= 0.6 is 0 Å². The van der Waals surface area contributed by atoms with Crippen molar-refractivity contribution in [3.63, 3.8) is 0 Å². The number of fused-ring (bicyclic) bond motifs is 1. The van der Waals surface area contributed by atoms with Crippen LogP contribution in [0, 0.1) is 0 Å². The number of aryl methyl sites for hydroxylation is 1. The van der Waals surface area contributed by atoms with Crippen LogP contribution in [0.5, 0.6) is 11.5 Å². The van der Waals surface area contributed by atoms with E-state index in [9.17, 15) is 0 Å². The van der Waals surface area contributed by atoms with Gasteiger partial charge in [0.05, 0.1) is 17.6 Å². The molecule has 0 aliphatic heterocycles. The molecule has 0 aliphatic rings. The zero-order valence-corrected chi connectivity index (χ0v) is 19.2. The predicted octanol–water partition coefficient (Wildman–Crippen LogP) is 7.16. The average Bonchev–Trinajstić information content (AvgIpc) is 3.21. The molecule has 1 heterocycles. The SMILES string of the molecule is CCC(C)c1ccc(OCCCn2c(C(C)Oc3ccccc3)nc3ccccc32)cc1. The van der Waals surface area contributed by atoms with Gasteiger partial charge in [-0.15, -0.1) is 0 Å². The van der Waals surface area contributed by atoms with Gasteiger partial charge in [0.25, 0.3) is 0 Å². The van der Waals surface area contributed by atoms with Gasteiger partial charge in [-0.2, -0.15) is 0 Å². The van der Waals surface area contributed by atoms with Crippen molar-refractivity contribution >= 4 is 11.0 Å². The Morgan fingerprint density at radius 1 is 0.844 bits per heavy atom. The van der Waals surface area contributed by atoms with Gasteiger partial charge in [0.2, 0.25) is 0 Å². The van der Waals surface area contributed by atoms with Crippen LogP contribution in [0.2, 0.25) is 0 Å². The topological polar surface area (TPSA) is 36.3 Å². The predicted molar refractivity (Wildman–Crippen MR) is 130 cm³/mol. The molecule has 0 spiro atoms. The van der Waals surface area contributed by atoms with Gasteiger partial charge < -0.3 is 14.0 Å². The van der Waals surface area contributed by atoms with Gasteiger partial charge in [-0.1, -0.05) is 56.3 Å². The minimum atomic E-state index is -0.154. The highest BCUT2D eigenvalue weighted by atomic mass is 16.5. The molecule has 2 atom stereocenters. The highest BCUT2D eigenvalue weighted by molar-refractivity contribution is 5.76. The summed E-state index contributed by atoms with van der Waals surface area (Å²) in [6, 6.07) is 26.7. The Morgan fingerprint density at radius 3 is 2.31 bits per heavy atom. The average molecular weight is 429 g/mol. The number of benzene rings is 3. The van der Waals surface area contributed by atoms with Crippen molar-refractivity contribution in [3.05, 3.63) is 90.3 Å². The molecule has 4 aromatic rings. The third kappa shape index (κ3) is 5.13. The highest BCUT2D eigenvalue weighted by Gasteiger charge is 2.18. The molecule has 4 nitrogen and oxygen atoms in total.